The molecule has 0 aromatic carbocycles. The summed E-state index contributed by atoms with van der Waals surface area (Å²) in [5, 5.41) is 18.3. The number of hydrogen-bond donors (Lipinski definition) is 3. The molecule has 0 saturated carbocycles. The Hall–Kier alpha value is -3.22. The molecule has 1 saturated heterocycles. The summed E-state index contributed by atoms with van der Waals surface area (Å²) in [6, 6.07) is -0.0651. The van der Waals surface area contributed by atoms with E-state index in [2.05, 4.69) is 31.2 Å². The molecule has 2 aliphatic heterocycles. The first-order valence-corrected chi connectivity index (χ1v) is 13.5. The Kier molecular flexibility index (Phi) is 6.71. The van der Waals surface area contributed by atoms with Crippen LogP contribution in [0, 0.1) is 6.92 Å². The molecule has 2 aromatic rings. The van der Waals surface area contributed by atoms with E-state index < -0.39 is 21.3 Å². The Morgan fingerprint density at radius 1 is 1.23 bits per heavy atom. The largest absolute Gasteiger partial charge is 0.381 e. The van der Waals surface area contributed by atoms with Gasteiger partial charge in [-0.3, -0.25) is 9.59 Å². The Labute approximate surface area is 203 Å². The summed E-state index contributed by atoms with van der Waals surface area (Å²) in [6.07, 6.45) is 2.51. The molecule has 35 heavy (non-hydrogen) atoms. The number of aromatic nitrogens is 3. The van der Waals surface area contributed by atoms with E-state index in [1.165, 1.54) is 14.1 Å². The Morgan fingerprint density at radius 2 is 1.94 bits per heavy atom. The van der Waals surface area contributed by atoms with Gasteiger partial charge in [0.15, 0.2) is 5.65 Å². The number of sulfone groups is 1. The van der Waals surface area contributed by atoms with Gasteiger partial charge in [-0.2, -0.15) is 5.10 Å². The average molecular weight is 506 g/mol. The van der Waals surface area contributed by atoms with Crippen molar-refractivity contribution in [1.29, 1.82) is 0 Å². The molecule has 13 heteroatoms. The third-order valence-corrected chi connectivity index (χ3v) is 8.31. The predicted molar refractivity (Wildman–Crippen MR) is 131 cm³/mol. The number of fused-ring (bicyclic) bond motifs is 1. The molecule has 190 valence electrons. The smallest absolute Gasteiger partial charge is 0.267 e. The highest BCUT2D eigenvalue weighted by Gasteiger charge is 2.48. The summed E-state index contributed by atoms with van der Waals surface area (Å²) in [6.45, 7) is 4.50. The summed E-state index contributed by atoms with van der Waals surface area (Å²) in [5.74, 6) is -0.550. The first kappa shape index (κ1) is 24.9. The van der Waals surface area contributed by atoms with Gasteiger partial charge in [0, 0.05) is 44.9 Å². The van der Waals surface area contributed by atoms with Crippen LogP contribution < -0.4 is 16.0 Å². The number of pyridine rings is 1. The Morgan fingerprint density at radius 3 is 2.57 bits per heavy atom. The molecule has 0 bridgehead atoms. The molecule has 4 rings (SSSR count). The van der Waals surface area contributed by atoms with Gasteiger partial charge >= 0.3 is 0 Å². The van der Waals surface area contributed by atoms with Crippen molar-refractivity contribution < 1.29 is 22.8 Å². The topological polar surface area (TPSA) is 157 Å². The van der Waals surface area contributed by atoms with Gasteiger partial charge in [0.05, 0.1) is 40.4 Å². The Balaban J connectivity index is 1.76. The number of carbonyl (C=O) groups excluding carboxylic acids is 2. The molecule has 1 fully saturated rings. The lowest BCUT2D eigenvalue weighted by Gasteiger charge is -2.26. The van der Waals surface area contributed by atoms with Gasteiger partial charge in [0.2, 0.25) is 11.5 Å². The lowest BCUT2D eigenvalue weighted by Crippen LogP contribution is -2.48. The summed E-state index contributed by atoms with van der Waals surface area (Å²) in [4.78, 5) is 35.2. The standard InChI is InChI=1S/C22H31N7O5S/c1-5-29-20-18(13(2)27-29)19(26-14-6-8-35(32,33)9-7-14)15(12-25-20)16-10-22(34-28-16,21(31)24-4)11-17(30)23-3/h12,14H,5-11H2,1-4H3,(H,23,30)(H,24,31)(H,25,26). The van der Waals surface area contributed by atoms with Crippen molar-refractivity contribution in [2.24, 2.45) is 5.16 Å². The van der Waals surface area contributed by atoms with Crippen LogP contribution in [-0.4, -0.2) is 78.0 Å². The van der Waals surface area contributed by atoms with E-state index in [4.69, 9.17) is 4.84 Å². The zero-order valence-corrected chi connectivity index (χ0v) is 21.2. The van der Waals surface area contributed by atoms with Crippen LogP contribution in [0.25, 0.3) is 11.0 Å². The molecule has 1 unspecified atom stereocenters. The number of amides is 2. The molecule has 0 aliphatic carbocycles. The maximum atomic E-state index is 12.7. The fraction of sp³-hybridized carbons (Fsp3) is 0.591. The highest BCUT2D eigenvalue weighted by Crippen LogP contribution is 2.37. The molecule has 4 heterocycles. The number of oxime groups is 1. The second kappa shape index (κ2) is 9.44. The molecular formula is C22H31N7O5S. The quantitative estimate of drug-likeness (QED) is 0.491. The van der Waals surface area contributed by atoms with Crippen molar-refractivity contribution in [2.75, 3.05) is 30.9 Å². The molecule has 0 radical (unpaired) electrons. The fourth-order valence-corrected chi connectivity index (χ4v) is 6.13. The van der Waals surface area contributed by atoms with Crippen LogP contribution in [0.1, 0.15) is 43.9 Å². The molecular weight excluding hydrogens is 474 g/mol. The van der Waals surface area contributed by atoms with Crippen LogP contribution in [-0.2, 0) is 30.8 Å². The second-order valence-electron chi connectivity index (χ2n) is 8.95. The predicted octanol–water partition coefficient (Wildman–Crippen LogP) is 0.494. The lowest BCUT2D eigenvalue weighted by atomic mass is 9.89. The van der Waals surface area contributed by atoms with Gasteiger partial charge in [-0.1, -0.05) is 5.16 Å². The number of nitrogens with zero attached hydrogens (tertiary/aromatic N) is 4. The second-order valence-corrected chi connectivity index (χ2v) is 11.3. The highest BCUT2D eigenvalue weighted by atomic mass is 32.2. The Bertz CT molecular complexity index is 1290. The number of likely N-dealkylation sites (N-methyl/N-ethyl adjacent to an activating group) is 1. The molecule has 3 N–H and O–H groups in total. The zero-order chi connectivity index (χ0) is 25.4. The molecule has 2 amide bonds. The van der Waals surface area contributed by atoms with Gasteiger partial charge in [-0.25, -0.2) is 18.1 Å². The monoisotopic (exact) mass is 505 g/mol. The van der Waals surface area contributed by atoms with Crippen LogP contribution in [0.4, 0.5) is 5.69 Å². The van der Waals surface area contributed by atoms with Gasteiger partial charge in [0.1, 0.15) is 9.84 Å². The van der Waals surface area contributed by atoms with Crippen LogP contribution in [0.5, 0.6) is 0 Å². The number of hydrogen-bond acceptors (Lipinski definition) is 9. The number of anilines is 1. The van der Waals surface area contributed by atoms with E-state index in [0.717, 1.165) is 16.8 Å². The summed E-state index contributed by atoms with van der Waals surface area (Å²) >= 11 is 0. The maximum Gasteiger partial charge on any atom is 0.267 e. The molecule has 1 atom stereocenters. The van der Waals surface area contributed by atoms with E-state index >= 15 is 0 Å². The van der Waals surface area contributed by atoms with Crippen LogP contribution in [0.2, 0.25) is 0 Å². The van der Waals surface area contributed by atoms with Crippen molar-refractivity contribution in [2.45, 2.75) is 57.7 Å². The molecule has 2 aliphatic rings. The molecule has 12 nitrogen and oxygen atoms in total. The summed E-state index contributed by atoms with van der Waals surface area (Å²) < 4.78 is 25.7. The van der Waals surface area contributed by atoms with E-state index in [0.29, 0.717) is 36.3 Å². The third-order valence-electron chi connectivity index (χ3n) is 6.60. The summed E-state index contributed by atoms with van der Waals surface area (Å²) in [5.41, 5.74) is 1.82. The minimum atomic E-state index is -3.02. The fourth-order valence-electron chi connectivity index (χ4n) is 4.64. The first-order chi connectivity index (χ1) is 16.6. The average Bonchev–Trinajstić information content (AvgIpc) is 3.41. The van der Waals surface area contributed by atoms with Crippen LogP contribution >= 0.6 is 0 Å². The molecule has 0 spiro atoms. The van der Waals surface area contributed by atoms with Crippen molar-refractivity contribution in [3.8, 4) is 0 Å². The lowest BCUT2D eigenvalue weighted by molar-refractivity contribution is -0.149. The minimum Gasteiger partial charge on any atom is -0.381 e. The van der Waals surface area contributed by atoms with Crippen molar-refractivity contribution in [3.63, 3.8) is 0 Å². The normalized spacial score (nSPS) is 21.9. The van der Waals surface area contributed by atoms with Gasteiger partial charge in [-0.05, 0) is 26.7 Å². The van der Waals surface area contributed by atoms with Crippen LogP contribution in [0.3, 0.4) is 0 Å². The van der Waals surface area contributed by atoms with E-state index in [-0.39, 0.29) is 36.3 Å². The van der Waals surface area contributed by atoms with Gasteiger partial charge in [0.25, 0.3) is 5.91 Å². The number of rotatable bonds is 7. The third kappa shape index (κ3) is 4.68. The van der Waals surface area contributed by atoms with Crippen molar-refractivity contribution in [1.82, 2.24) is 25.4 Å². The van der Waals surface area contributed by atoms with Crippen molar-refractivity contribution in [3.05, 3.63) is 17.5 Å². The van der Waals surface area contributed by atoms with Gasteiger partial charge < -0.3 is 20.8 Å². The number of carbonyl (C=O) groups is 2. The molecule has 2 aromatic heterocycles. The zero-order valence-electron chi connectivity index (χ0n) is 20.3. The summed E-state index contributed by atoms with van der Waals surface area (Å²) in [7, 11) is -0.0443. The van der Waals surface area contributed by atoms with E-state index in [1.807, 2.05) is 13.8 Å². The maximum absolute atomic E-state index is 12.7. The number of nitrogens with one attached hydrogen (secondary N) is 3. The van der Waals surface area contributed by atoms with E-state index in [1.54, 1.807) is 10.9 Å². The van der Waals surface area contributed by atoms with Gasteiger partial charge in [-0.15, -0.1) is 0 Å². The van der Waals surface area contributed by atoms with Crippen molar-refractivity contribution >= 4 is 44.1 Å². The minimum absolute atomic E-state index is 0.0651. The SMILES string of the molecule is CCn1nc(C)c2c(NC3CCS(=O)(=O)CC3)c(C3=NOC(CC(=O)NC)(C(=O)NC)C3)cnc21. The van der Waals surface area contributed by atoms with E-state index in [9.17, 15) is 18.0 Å². The highest BCUT2D eigenvalue weighted by molar-refractivity contribution is 7.91. The first-order valence-electron chi connectivity index (χ1n) is 11.6. The number of aryl methyl sites for hydroxylation is 2. The van der Waals surface area contributed by atoms with Crippen LogP contribution in [0.15, 0.2) is 11.4 Å².